The van der Waals surface area contributed by atoms with Gasteiger partial charge in [0.15, 0.2) is 0 Å². The fourth-order valence-electron chi connectivity index (χ4n) is 3.67. The molecule has 1 aromatic heterocycles. The summed E-state index contributed by atoms with van der Waals surface area (Å²) in [6.07, 6.45) is 3.52. The van der Waals surface area contributed by atoms with Gasteiger partial charge in [-0.25, -0.2) is 0 Å². The summed E-state index contributed by atoms with van der Waals surface area (Å²) in [4.78, 5) is 28.0. The molecule has 5 heteroatoms. The summed E-state index contributed by atoms with van der Waals surface area (Å²) in [5, 5.41) is 0.973. The number of hydrogen-bond donors (Lipinski definition) is 0. The second-order valence-corrected chi connectivity index (χ2v) is 6.94. The Balaban J connectivity index is 1.89. The summed E-state index contributed by atoms with van der Waals surface area (Å²) >= 11 is 6.09. The van der Waals surface area contributed by atoms with Gasteiger partial charge in [-0.05, 0) is 49.6 Å². The van der Waals surface area contributed by atoms with Gasteiger partial charge in [0.25, 0.3) is 5.91 Å². The monoisotopic (exact) mass is 366 g/mol. The van der Waals surface area contributed by atoms with Gasteiger partial charge in [-0.2, -0.15) is 0 Å². The maximum Gasteiger partial charge on any atom is 0.263 e. The van der Waals surface area contributed by atoms with Crippen molar-refractivity contribution in [2.24, 2.45) is 0 Å². The summed E-state index contributed by atoms with van der Waals surface area (Å²) < 4.78 is 1.93. The third kappa shape index (κ3) is 2.71. The minimum atomic E-state index is -0.264. The third-order valence-corrected chi connectivity index (χ3v) is 5.20. The number of nitrogens with zero attached hydrogens (tertiary/aromatic N) is 2. The fourth-order valence-corrected chi connectivity index (χ4v) is 3.85. The van der Waals surface area contributed by atoms with Crippen LogP contribution in [0.1, 0.15) is 29.3 Å². The lowest BCUT2D eigenvalue weighted by Crippen LogP contribution is -2.38. The predicted octanol–water partition coefficient (Wildman–Crippen LogP) is 4.27. The van der Waals surface area contributed by atoms with E-state index < -0.39 is 0 Å². The minimum Gasteiger partial charge on any atom is -0.347 e. The van der Waals surface area contributed by atoms with Gasteiger partial charge in [-0.3, -0.25) is 9.59 Å². The number of amides is 1. The number of pyridine rings is 1. The average molecular weight is 367 g/mol. The second-order valence-electron chi connectivity index (χ2n) is 6.51. The number of aromatic nitrogens is 1. The second kappa shape index (κ2) is 6.61. The lowest BCUT2D eigenvalue weighted by Gasteiger charge is -2.29. The molecular formula is C21H19ClN2O2. The first-order valence-corrected chi connectivity index (χ1v) is 9.20. The van der Waals surface area contributed by atoms with E-state index >= 15 is 0 Å². The molecule has 132 valence electrons. The topological polar surface area (TPSA) is 42.3 Å². The van der Waals surface area contributed by atoms with Crippen LogP contribution < -0.4 is 10.3 Å². The van der Waals surface area contributed by atoms with Crippen LogP contribution >= 0.6 is 11.6 Å². The van der Waals surface area contributed by atoms with Crippen molar-refractivity contribution >= 4 is 34.1 Å². The molecule has 0 fully saturated rings. The highest BCUT2D eigenvalue weighted by molar-refractivity contribution is 6.31. The van der Waals surface area contributed by atoms with Crippen LogP contribution in [-0.4, -0.2) is 17.0 Å². The summed E-state index contributed by atoms with van der Waals surface area (Å²) in [5.74, 6) is -0.244. The van der Waals surface area contributed by atoms with Crippen molar-refractivity contribution in [3.05, 3.63) is 75.0 Å². The first-order chi connectivity index (χ1) is 12.6. The predicted molar refractivity (Wildman–Crippen MR) is 105 cm³/mol. The number of anilines is 1. The average Bonchev–Trinajstić information content (AvgIpc) is 2.67. The zero-order valence-corrected chi connectivity index (χ0v) is 15.3. The SMILES string of the molecule is CCn1cc(C(=O)N2CCCc3ccccc32)c(=O)c2cc(Cl)ccc21. The molecule has 0 saturated heterocycles. The van der Waals surface area contributed by atoms with Gasteiger partial charge < -0.3 is 9.47 Å². The number of fused-ring (bicyclic) bond motifs is 2. The molecule has 0 spiro atoms. The van der Waals surface area contributed by atoms with E-state index in [-0.39, 0.29) is 16.9 Å². The van der Waals surface area contributed by atoms with Crippen molar-refractivity contribution in [1.29, 1.82) is 0 Å². The normalized spacial score (nSPS) is 13.7. The number of benzene rings is 2. The molecule has 26 heavy (non-hydrogen) atoms. The van der Waals surface area contributed by atoms with E-state index in [9.17, 15) is 9.59 Å². The van der Waals surface area contributed by atoms with E-state index in [0.717, 1.165) is 29.6 Å². The Bertz CT molecular complexity index is 1070. The fraction of sp³-hybridized carbons (Fsp3) is 0.238. The van der Waals surface area contributed by atoms with Gasteiger partial charge in [-0.15, -0.1) is 0 Å². The molecule has 4 rings (SSSR count). The highest BCUT2D eigenvalue weighted by Gasteiger charge is 2.26. The van der Waals surface area contributed by atoms with Crippen molar-refractivity contribution in [2.75, 3.05) is 11.4 Å². The Morgan fingerprint density at radius 2 is 2.00 bits per heavy atom. The number of aryl methyl sites for hydroxylation is 2. The van der Waals surface area contributed by atoms with E-state index in [1.165, 1.54) is 0 Å². The lowest BCUT2D eigenvalue weighted by molar-refractivity contribution is 0.0983. The Hall–Kier alpha value is -2.59. The van der Waals surface area contributed by atoms with Crippen molar-refractivity contribution in [3.8, 4) is 0 Å². The maximum atomic E-state index is 13.3. The quantitative estimate of drug-likeness (QED) is 0.679. The molecule has 3 aromatic rings. The molecule has 1 aliphatic rings. The van der Waals surface area contributed by atoms with Crippen LogP contribution in [0, 0.1) is 0 Å². The zero-order valence-electron chi connectivity index (χ0n) is 14.5. The number of para-hydroxylation sites is 1. The van der Waals surface area contributed by atoms with Gasteiger partial charge in [0, 0.05) is 35.4 Å². The molecular weight excluding hydrogens is 348 g/mol. The first-order valence-electron chi connectivity index (χ1n) is 8.82. The molecule has 1 amide bonds. The van der Waals surface area contributed by atoms with Gasteiger partial charge >= 0.3 is 0 Å². The highest BCUT2D eigenvalue weighted by atomic mass is 35.5. The number of carbonyl (C=O) groups is 1. The minimum absolute atomic E-state index is 0.193. The first kappa shape index (κ1) is 16.9. The summed E-state index contributed by atoms with van der Waals surface area (Å²) in [6.45, 7) is 3.27. The number of carbonyl (C=O) groups excluding carboxylic acids is 1. The Morgan fingerprint density at radius 1 is 1.19 bits per heavy atom. The van der Waals surface area contributed by atoms with Gasteiger partial charge in [0.05, 0.1) is 5.52 Å². The van der Waals surface area contributed by atoms with Crippen LogP contribution in [0.3, 0.4) is 0 Å². The van der Waals surface area contributed by atoms with E-state index in [0.29, 0.717) is 23.5 Å². The third-order valence-electron chi connectivity index (χ3n) is 4.97. The molecule has 2 heterocycles. The van der Waals surface area contributed by atoms with E-state index in [1.54, 1.807) is 23.2 Å². The van der Waals surface area contributed by atoms with Crippen molar-refractivity contribution in [2.45, 2.75) is 26.3 Å². The van der Waals surface area contributed by atoms with E-state index in [1.807, 2.05) is 41.8 Å². The molecule has 0 N–H and O–H groups in total. The summed E-state index contributed by atoms with van der Waals surface area (Å²) in [7, 11) is 0. The largest absolute Gasteiger partial charge is 0.347 e. The Kier molecular flexibility index (Phi) is 4.29. The van der Waals surface area contributed by atoms with E-state index in [4.69, 9.17) is 11.6 Å². The van der Waals surface area contributed by atoms with E-state index in [2.05, 4.69) is 0 Å². The molecule has 0 saturated carbocycles. The van der Waals surface area contributed by atoms with Gasteiger partial charge in [-0.1, -0.05) is 29.8 Å². The molecule has 0 aliphatic carbocycles. The highest BCUT2D eigenvalue weighted by Crippen LogP contribution is 2.28. The molecule has 1 aliphatic heterocycles. The Morgan fingerprint density at radius 3 is 2.81 bits per heavy atom. The van der Waals surface area contributed by atoms with Crippen molar-refractivity contribution < 1.29 is 4.79 Å². The molecule has 0 bridgehead atoms. The summed E-state index contributed by atoms with van der Waals surface area (Å²) in [5.41, 5.74) is 2.76. The van der Waals surface area contributed by atoms with Gasteiger partial charge in [0.1, 0.15) is 5.56 Å². The lowest BCUT2D eigenvalue weighted by atomic mass is 10.0. The van der Waals surface area contributed by atoms with Crippen LogP contribution in [0.4, 0.5) is 5.69 Å². The Labute approximate surface area is 156 Å². The van der Waals surface area contributed by atoms with Crippen LogP contribution in [0.5, 0.6) is 0 Å². The maximum absolute atomic E-state index is 13.3. The molecule has 0 unspecified atom stereocenters. The van der Waals surface area contributed by atoms with Crippen LogP contribution in [0.25, 0.3) is 10.9 Å². The molecule has 0 atom stereocenters. The standard InChI is InChI=1S/C21H19ClN2O2/c1-2-23-13-17(20(25)16-12-15(22)9-10-19(16)23)21(26)24-11-5-7-14-6-3-4-8-18(14)24/h3-4,6,8-10,12-13H,2,5,7,11H2,1H3. The van der Waals surface area contributed by atoms with Crippen molar-refractivity contribution in [3.63, 3.8) is 0 Å². The van der Waals surface area contributed by atoms with Crippen LogP contribution in [0.15, 0.2) is 53.5 Å². The molecule has 2 aromatic carbocycles. The zero-order chi connectivity index (χ0) is 18.3. The van der Waals surface area contributed by atoms with Crippen molar-refractivity contribution in [1.82, 2.24) is 4.57 Å². The van der Waals surface area contributed by atoms with Crippen LogP contribution in [-0.2, 0) is 13.0 Å². The smallest absolute Gasteiger partial charge is 0.263 e. The molecule has 4 nitrogen and oxygen atoms in total. The molecule has 0 radical (unpaired) electrons. The van der Waals surface area contributed by atoms with Crippen LogP contribution in [0.2, 0.25) is 5.02 Å². The number of hydrogen-bond acceptors (Lipinski definition) is 2. The number of rotatable bonds is 2. The number of halogens is 1. The van der Waals surface area contributed by atoms with Gasteiger partial charge in [0.2, 0.25) is 5.43 Å². The summed E-state index contributed by atoms with van der Waals surface area (Å²) in [6, 6.07) is 13.1.